The Morgan fingerprint density at radius 2 is 0.830 bits per heavy atom. The molecule has 0 radical (unpaired) electrons. The minimum atomic E-state index is 0.609. The minimum Gasteiger partial charge on any atom is -0.455 e. The Morgan fingerprint density at radius 1 is 0.302 bits per heavy atom. The summed E-state index contributed by atoms with van der Waals surface area (Å²) < 4.78 is 6.59. The molecule has 0 saturated carbocycles. The van der Waals surface area contributed by atoms with Crippen molar-refractivity contribution >= 4 is 65.0 Å². The van der Waals surface area contributed by atoms with Crippen molar-refractivity contribution in [1.82, 2.24) is 15.0 Å². The van der Waals surface area contributed by atoms with Gasteiger partial charge in [0.25, 0.3) is 0 Å². The highest BCUT2D eigenvalue weighted by Crippen LogP contribution is 2.44. The Kier molecular flexibility index (Phi) is 6.52. The molecule has 0 bridgehead atoms. The van der Waals surface area contributed by atoms with Crippen LogP contribution in [0.2, 0.25) is 0 Å². The van der Waals surface area contributed by atoms with Crippen molar-refractivity contribution in [2.75, 3.05) is 0 Å². The summed E-state index contributed by atoms with van der Waals surface area (Å²) in [6.45, 7) is 0. The maximum absolute atomic E-state index is 6.59. The monoisotopic (exact) mass is 675 g/mol. The summed E-state index contributed by atoms with van der Waals surface area (Å²) in [5, 5.41) is 11.4. The van der Waals surface area contributed by atoms with Gasteiger partial charge in [-0.1, -0.05) is 158 Å². The maximum Gasteiger partial charge on any atom is 0.164 e. The van der Waals surface area contributed by atoms with Gasteiger partial charge in [-0.15, -0.1) is 0 Å². The van der Waals surface area contributed by atoms with E-state index in [4.69, 9.17) is 19.4 Å². The maximum atomic E-state index is 6.59. The normalized spacial score (nSPS) is 11.8. The number of para-hydroxylation sites is 1. The van der Waals surface area contributed by atoms with Crippen LogP contribution in [0.5, 0.6) is 0 Å². The van der Waals surface area contributed by atoms with Crippen LogP contribution >= 0.6 is 0 Å². The smallest absolute Gasteiger partial charge is 0.164 e. The first-order valence-electron chi connectivity index (χ1n) is 17.9. The molecule has 0 saturated heterocycles. The molecule has 4 heteroatoms. The third-order valence-electron chi connectivity index (χ3n) is 10.5. The van der Waals surface area contributed by atoms with Gasteiger partial charge < -0.3 is 4.42 Å². The summed E-state index contributed by atoms with van der Waals surface area (Å²) in [4.78, 5) is 15.8. The van der Waals surface area contributed by atoms with Gasteiger partial charge in [-0.05, 0) is 61.6 Å². The lowest BCUT2D eigenvalue weighted by Gasteiger charge is -2.15. The van der Waals surface area contributed by atoms with Crippen LogP contribution in [-0.4, -0.2) is 15.0 Å². The van der Waals surface area contributed by atoms with E-state index in [1.807, 2.05) is 36.4 Å². The van der Waals surface area contributed by atoms with Crippen LogP contribution in [0.25, 0.3) is 110 Å². The Morgan fingerprint density at radius 3 is 1.53 bits per heavy atom. The number of nitrogens with zero attached hydrogens (tertiary/aromatic N) is 3. The standard InChI is InChI=1S/C49H29N3O/c1-3-14-30(15-4-1)33-23-13-24-40-45(33)43(29-42-39-22-11-12-25-44(39)53-46(40)42)49-51-47(31-16-5-2-6-17-31)50-48(52-49)32-26-27-38-36-20-8-7-18-34(36)35-19-9-10-21-37(35)41(38)28-32/h1-29H. The van der Waals surface area contributed by atoms with Crippen LogP contribution in [0.4, 0.5) is 0 Å². The van der Waals surface area contributed by atoms with E-state index >= 15 is 0 Å². The zero-order valence-electron chi connectivity index (χ0n) is 28.5. The number of hydrogen-bond donors (Lipinski definition) is 0. The predicted molar refractivity (Wildman–Crippen MR) is 219 cm³/mol. The summed E-state index contributed by atoms with van der Waals surface area (Å²) in [5.41, 5.74) is 6.70. The first-order valence-corrected chi connectivity index (χ1v) is 17.9. The van der Waals surface area contributed by atoms with Gasteiger partial charge in [0.05, 0.1) is 0 Å². The second kappa shape index (κ2) is 11.7. The molecule has 0 aliphatic carbocycles. The lowest BCUT2D eigenvalue weighted by atomic mass is 9.92. The van der Waals surface area contributed by atoms with Crippen LogP contribution < -0.4 is 0 Å². The summed E-state index contributed by atoms with van der Waals surface area (Å²) in [6, 6.07) is 61.5. The van der Waals surface area contributed by atoms with E-state index in [0.29, 0.717) is 17.5 Å². The Hall–Kier alpha value is -7.17. The van der Waals surface area contributed by atoms with Crippen LogP contribution in [0, 0.1) is 0 Å². The van der Waals surface area contributed by atoms with E-state index in [9.17, 15) is 0 Å². The summed E-state index contributed by atoms with van der Waals surface area (Å²) in [6.07, 6.45) is 0. The number of fused-ring (bicyclic) bond motifs is 11. The third-order valence-corrected chi connectivity index (χ3v) is 10.5. The molecule has 0 N–H and O–H groups in total. The number of aromatic nitrogens is 3. The molecular formula is C49H29N3O. The fourth-order valence-electron chi connectivity index (χ4n) is 8.08. The molecule has 0 fully saturated rings. The number of rotatable bonds is 4. The fraction of sp³-hybridized carbons (Fsp3) is 0. The molecule has 11 aromatic rings. The number of benzene rings is 9. The van der Waals surface area contributed by atoms with Gasteiger partial charge in [-0.3, -0.25) is 0 Å². The zero-order valence-corrected chi connectivity index (χ0v) is 28.5. The lowest BCUT2D eigenvalue weighted by molar-refractivity contribution is 0.672. The average Bonchev–Trinajstić information content (AvgIpc) is 3.62. The van der Waals surface area contributed by atoms with Gasteiger partial charge >= 0.3 is 0 Å². The molecule has 4 nitrogen and oxygen atoms in total. The molecule has 0 amide bonds. The molecule has 0 aliphatic heterocycles. The van der Waals surface area contributed by atoms with E-state index in [1.54, 1.807) is 0 Å². The van der Waals surface area contributed by atoms with Gasteiger partial charge in [-0.2, -0.15) is 0 Å². The topological polar surface area (TPSA) is 51.8 Å². The van der Waals surface area contributed by atoms with E-state index in [-0.39, 0.29) is 0 Å². The van der Waals surface area contributed by atoms with Gasteiger partial charge in [0.2, 0.25) is 0 Å². The quantitative estimate of drug-likeness (QED) is 0.174. The van der Waals surface area contributed by atoms with Crippen molar-refractivity contribution in [1.29, 1.82) is 0 Å². The van der Waals surface area contributed by atoms with Crippen LogP contribution in [0.3, 0.4) is 0 Å². The van der Waals surface area contributed by atoms with E-state index in [0.717, 1.165) is 60.5 Å². The first-order chi connectivity index (χ1) is 26.3. The van der Waals surface area contributed by atoms with Crippen LogP contribution in [0.1, 0.15) is 0 Å². The van der Waals surface area contributed by atoms with Crippen molar-refractivity contribution in [3.8, 4) is 45.3 Å². The average molecular weight is 676 g/mol. The zero-order chi connectivity index (χ0) is 34.9. The molecule has 11 rings (SSSR count). The van der Waals surface area contributed by atoms with Crippen molar-refractivity contribution in [3.63, 3.8) is 0 Å². The Bertz CT molecular complexity index is 3190. The van der Waals surface area contributed by atoms with Crippen LogP contribution in [-0.2, 0) is 0 Å². The van der Waals surface area contributed by atoms with Crippen molar-refractivity contribution in [2.24, 2.45) is 0 Å². The highest BCUT2D eigenvalue weighted by atomic mass is 16.3. The van der Waals surface area contributed by atoms with Crippen molar-refractivity contribution in [2.45, 2.75) is 0 Å². The molecule has 53 heavy (non-hydrogen) atoms. The molecule has 2 heterocycles. The molecule has 2 aromatic heterocycles. The van der Waals surface area contributed by atoms with Gasteiger partial charge in [-0.25, -0.2) is 15.0 Å². The lowest BCUT2D eigenvalue weighted by Crippen LogP contribution is -2.01. The molecule has 9 aromatic carbocycles. The second-order valence-electron chi connectivity index (χ2n) is 13.5. The number of hydrogen-bond acceptors (Lipinski definition) is 4. The summed E-state index contributed by atoms with van der Waals surface area (Å²) in [5.74, 6) is 1.85. The molecule has 0 spiro atoms. The van der Waals surface area contributed by atoms with E-state index in [1.165, 1.54) is 32.3 Å². The van der Waals surface area contributed by atoms with Gasteiger partial charge in [0.15, 0.2) is 17.5 Å². The van der Waals surface area contributed by atoms with Crippen molar-refractivity contribution < 1.29 is 4.42 Å². The van der Waals surface area contributed by atoms with Crippen LogP contribution in [0.15, 0.2) is 180 Å². The Labute approximate surface area is 304 Å². The number of furan rings is 1. The fourth-order valence-corrected chi connectivity index (χ4v) is 8.08. The highest BCUT2D eigenvalue weighted by Gasteiger charge is 2.21. The Balaban J connectivity index is 1.24. The third kappa shape index (κ3) is 4.66. The summed E-state index contributed by atoms with van der Waals surface area (Å²) in [7, 11) is 0. The summed E-state index contributed by atoms with van der Waals surface area (Å²) >= 11 is 0. The van der Waals surface area contributed by atoms with Gasteiger partial charge in [0, 0.05) is 38.2 Å². The van der Waals surface area contributed by atoms with E-state index < -0.39 is 0 Å². The molecule has 0 aliphatic rings. The van der Waals surface area contributed by atoms with Gasteiger partial charge in [0.1, 0.15) is 11.2 Å². The molecule has 246 valence electrons. The largest absolute Gasteiger partial charge is 0.455 e. The SMILES string of the molecule is c1ccc(-c2nc(-c3ccc4c5ccccc5c5ccccc5c4c3)nc(-c3cc4c5ccccc5oc4c4cccc(-c5ccccc5)c34)n2)cc1. The predicted octanol–water partition coefficient (Wildman–Crippen LogP) is 13.1. The molecule has 0 unspecified atom stereocenters. The molecular weight excluding hydrogens is 647 g/mol. The highest BCUT2D eigenvalue weighted by molar-refractivity contribution is 6.26. The minimum absolute atomic E-state index is 0.609. The first kappa shape index (κ1) is 29.5. The van der Waals surface area contributed by atoms with Crippen molar-refractivity contribution in [3.05, 3.63) is 176 Å². The van der Waals surface area contributed by atoms with E-state index in [2.05, 4.69) is 140 Å². The molecule has 0 atom stereocenters. The second-order valence-corrected chi connectivity index (χ2v) is 13.5.